The summed E-state index contributed by atoms with van der Waals surface area (Å²) >= 11 is 1.76. The summed E-state index contributed by atoms with van der Waals surface area (Å²) in [5.41, 5.74) is 1.35. The monoisotopic (exact) mass is 275 g/mol. The summed E-state index contributed by atoms with van der Waals surface area (Å²) in [5, 5.41) is 5.72. The molecule has 0 bridgehead atoms. The molecule has 102 valence electrons. The summed E-state index contributed by atoms with van der Waals surface area (Å²) in [6.45, 7) is 3.22. The normalized spacial score (nSPS) is 12.3. The zero-order valence-electron chi connectivity index (χ0n) is 11.6. The summed E-state index contributed by atoms with van der Waals surface area (Å²) in [5.74, 6) is 0.995. The Bertz CT molecular complexity index is 481. The molecule has 0 saturated carbocycles. The van der Waals surface area contributed by atoms with Crippen molar-refractivity contribution in [3.63, 3.8) is 0 Å². The third kappa shape index (κ3) is 3.82. The van der Waals surface area contributed by atoms with Gasteiger partial charge in [0, 0.05) is 6.04 Å². The average molecular weight is 275 g/mol. The minimum absolute atomic E-state index is 0.331. The lowest BCUT2D eigenvalue weighted by Crippen LogP contribution is -2.23. The van der Waals surface area contributed by atoms with Gasteiger partial charge in [-0.1, -0.05) is 37.3 Å². The Kier molecular flexibility index (Phi) is 5.43. The maximum atomic E-state index is 5.45. The molecule has 2 nitrogen and oxygen atoms in total. The van der Waals surface area contributed by atoms with Crippen LogP contribution in [-0.2, 0) is 6.42 Å². The van der Waals surface area contributed by atoms with Crippen molar-refractivity contribution in [3.05, 3.63) is 52.2 Å². The molecule has 0 spiro atoms. The molecule has 1 aromatic carbocycles. The van der Waals surface area contributed by atoms with Crippen LogP contribution in [0.15, 0.2) is 41.8 Å². The van der Waals surface area contributed by atoms with Gasteiger partial charge in [0.2, 0.25) is 0 Å². The Labute approximate surface area is 119 Å². The number of benzene rings is 1. The maximum absolute atomic E-state index is 5.45. The van der Waals surface area contributed by atoms with E-state index in [-0.39, 0.29) is 0 Å². The van der Waals surface area contributed by atoms with Crippen LogP contribution in [0.1, 0.15) is 29.8 Å². The first-order chi connectivity index (χ1) is 9.35. The smallest absolute Gasteiger partial charge is 0.134 e. The van der Waals surface area contributed by atoms with E-state index in [2.05, 4.69) is 48.0 Å². The van der Waals surface area contributed by atoms with Crippen LogP contribution >= 0.6 is 11.3 Å². The third-order valence-electron chi connectivity index (χ3n) is 3.12. The Morgan fingerprint density at radius 2 is 2.00 bits per heavy atom. The van der Waals surface area contributed by atoms with Crippen molar-refractivity contribution >= 4 is 11.3 Å². The molecule has 0 radical (unpaired) electrons. The second-order valence-corrected chi connectivity index (χ2v) is 5.50. The first kappa shape index (κ1) is 14.1. The molecule has 1 heterocycles. The van der Waals surface area contributed by atoms with Gasteiger partial charge in [0.15, 0.2) is 0 Å². The first-order valence-corrected chi connectivity index (χ1v) is 7.61. The lowest BCUT2D eigenvalue weighted by molar-refractivity contribution is 0.402. The minimum Gasteiger partial charge on any atom is -0.496 e. The number of ether oxygens (including phenoxy) is 1. The number of hydrogen-bond donors (Lipinski definition) is 1. The van der Waals surface area contributed by atoms with Crippen LogP contribution in [0.5, 0.6) is 5.75 Å². The fourth-order valence-electron chi connectivity index (χ4n) is 2.16. The van der Waals surface area contributed by atoms with Gasteiger partial charge in [0.1, 0.15) is 5.75 Å². The molecule has 0 aliphatic rings. The molecule has 2 rings (SSSR count). The number of thiophene rings is 1. The highest BCUT2D eigenvalue weighted by molar-refractivity contribution is 7.10. The van der Waals surface area contributed by atoms with Gasteiger partial charge in [-0.2, -0.15) is 0 Å². The second kappa shape index (κ2) is 7.31. The van der Waals surface area contributed by atoms with E-state index in [0.717, 1.165) is 25.1 Å². The molecule has 1 unspecified atom stereocenters. The summed E-state index contributed by atoms with van der Waals surface area (Å²) in [7, 11) is 1.74. The average Bonchev–Trinajstić information content (AvgIpc) is 2.93. The van der Waals surface area contributed by atoms with Gasteiger partial charge in [0.05, 0.1) is 12.0 Å². The topological polar surface area (TPSA) is 21.3 Å². The van der Waals surface area contributed by atoms with Gasteiger partial charge >= 0.3 is 0 Å². The molecular weight excluding hydrogens is 254 g/mol. The molecule has 0 aliphatic carbocycles. The van der Waals surface area contributed by atoms with Crippen LogP contribution in [0.25, 0.3) is 0 Å². The highest BCUT2D eigenvalue weighted by atomic mass is 32.1. The second-order valence-electron chi connectivity index (χ2n) is 4.55. The quantitative estimate of drug-likeness (QED) is 0.823. The van der Waals surface area contributed by atoms with E-state index in [4.69, 9.17) is 4.74 Å². The van der Waals surface area contributed by atoms with Crippen LogP contribution < -0.4 is 10.1 Å². The van der Waals surface area contributed by atoms with E-state index < -0.39 is 0 Å². The Balaban J connectivity index is 2.16. The van der Waals surface area contributed by atoms with E-state index in [1.165, 1.54) is 10.4 Å². The van der Waals surface area contributed by atoms with Crippen LogP contribution in [0, 0.1) is 0 Å². The number of methoxy groups -OCH3 is 1. The number of nitrogens with one attached hydrogen (secondary N) is 1. The highest BCUT2D eigenvalue weighted by Gasteiger charge is 2.17. The SMILES string of the molecule is CCCNC(Cc1ccccc1)c1sccc1OC. The zero-order chi connectivity index (χ0) is 13.5. The Hall–Kier alpha value is -1.32. The standard InChI is InChI=1S/C16H21NOS/c1-3-10-17-14(12-13-7-5-4-6-8-13)16-15(18-2)9-11-19-16/h4-9,11,14,17H,3,10,12H2,1-2H3. The molecule has 3 heteroatoms. The van der Waals surface area contributed by atoms with Crippen molar-refractivity contribution < 1.29 is 4.74 Å². The minimum atomic E-state index is 0.331. The number of hydrogen-bond acceptors (Lipinski definition) is 3. The van der Waals surface area contributed by atoms with E-state index >= 15 is 0 Å². The van der Waals surface area contributed by atoms with Crippen LogP contribution in [0.2, 0.25) is 0 Å². The van der Waals surface area contributed by atoms with E-state index in [0.29, 0.717) is 6.04 Å². The summed E-state index contributed by atoms with van der Waals surface area (Å²) in [6.07, 6.45) is 2.14. The van der Waals surface area contributed by atoms with Crippen LogP contribution in [-0.4, -0.2) is 13.7 Å². The molecule has 2 aromatic rings. The Morgan fingerprint density at radius 1 is 1.21 bits per heavy atom. The molecular formula is C16H21NOS. The molecule has 0 aliphatic heterocycles. The Morgan fingerprint density at radius 3 is 2.68 bits per heavy atom. The first-order valence-electron chi connectivity index (χ1n) is 6.73. The van der Waals surface area contributed by atoms with Gasteiger partial charge in [-0.25, -0.2) is 0 Å². The summed E-state index contributed by atoms with van der Waals surface area (Å²) in [6, 6.07) is 13.0. The predicted octanol–water partition coefficient (Wildman–Crippen LogP) is 4.04. The highest BCUT2D eigenvalue weighted by Crippen LogP contribution is 2.32. The van der Waals surface area contributed by atoms with E-state index in [1.54, 1.807) is 18.4 Å². The van der Waals surface area contributed by atoms with Gasteiger partial charge in [-0.05, 0) is 36.4 Å². The van der Waals surface area contributed by atoms with Gasteiger partial charge < -0.3 is 10.1 Å². The van der Waals surface area contributed by atoms with Crippen molar-refractivity contribution in [2.75, 3.05) is 13.7 Å². The molecule has 0 amide bonds. The third-order valence-corrected chi connectivity index (χ3v) is 4.13. The molecule has 0 saturated heterocycles. The van der Waals surface area contributed by atoms with Gasteiger partial charge in [-0.15, -0.1) is 11.3 Å². The van der Waals surface area contributed by atoms with Crippen LogP contribution in [0.3, 0.4) is 0 Å². The molecule has 0 fully saturated rings. The van der Waals surface area contributed by atoms with Gasteiger partial charge in [0.25, 0.3) is 0 Å². The van der Waals surface area contributed by atoms with E-state index in [1.807, 2.05) is 6.07 Å². The lowest BCUT2D eigenvalue weighted by Gasteiger charge is -2.18. The maximum Gasteiger partial charge on any atom is 0.134 e. The molecule has 1 aromatic heterocycles. The largest absolute Gasteiger partial charge is 0.496 e. The van der Waals surface area contributed by atoms with E-state index in [9.17, 15) is 0 Å². The zero-order valence-corrected chi connectivity index (χ0v) is 12.4. The summed E-state index contributed by atoms with van der Waals surface area (Å²) in [4.78, 5) is 1.29. The van der Waals surface area contributed by atoms with Gasteiger partial charge in [-0.3, -0.25) is 0 Å². The van der Waals surface area contributed by atoms with Crippen molar-refractivity contribution in [2.45, 2.75) is 25.8 Å². The van der Waals surface area contributed by atoms with Crippen molar-refractivity contribution in [1.82, 2.24) is 5.32 Å². The number of rotatable bonds is 7. The van der Waals surface area contributed by atoms with Crippen LogP contribution in [0.4, 0.5) is 0 Å². The summed E-state index contributed by atoms with van der Waals surface area (Å²) < 4.78 is 5.45. The van der Waals surface area contributed by atoms with Crippen molar-refractivity contribution in [3.8, 4) is 5.75 Å². The fourth-order valence-corrected chi connectivity index (χ4v) is 3.09. The molecule has 1 N–H and O–H groups in total. The lowest BCUT2D eigenvalue weighted by atomic mass is 10.0. The fraction of sp³-hybridized carbons (Fsp3) is 0.375. The molecule has 19 heavy (non-hydrogen) atoms. The van der Waals surface area contributed by atoms with Crippen molar-refractivity contribution in [2.24, 2.45) is 0 Å². The van der Waals surface area contributed by atoms with Crippen molar-refractivity contribution in [1.29, 1.82) is 0 Å². The molecule has 1 atom stereocenters. The predicted molar refractivity (Wildman–Crippen MR) is 82.1 cm³/mol.